The lowest BCUT2D eigenvalue weighted by molar-refractivity contribution is 0.866. The summed E-state index contributed by atoms with van der Waals surface area (Å²) in [5.74, 6) is 0. The van der Waals surface area contributed by atoms with Crippen LogP contribution in [0.2, 0.25) is 0 Å². The van der Waals surface area contributed by atoms with Gasteiger partial charge in [0.25, 0.3) is 0 Å². The van der Waals surface area contributed by atoms with E-state index in [2.05, 4.69) is 141 Å². The first kappa shape index (κ1) is 26.3. The van der Waals surface area contributed by atoms with Crippen LogP contribution in [0.1, 0.15) is 34.6 Å². The van der Waals surface area contributed by atoms with Gasteiger partial charge < -0.3 is 15.1 Å². The highest BCUT2D eigenvalue weighted by molar-refractivity contribution is 5.82. The van der Waals surface area contributed by atoms with E-state index < -0.39 is 0 Å². The van der Waals surface area contributed by atoms with E-state index in [1.165, 1.54) is 44.8 Å². The van der Waals surface area contributed by atoms with E-state index in [9.17, 15) is 0 Å². The molecule has 4 aromatic rings. The fraction of sp³-hybridized carbons (Fsp3) is 0.294. The van der Waals surface area contributed by atoms with Gasteiger partial charge in [0, 0.05) is 49.8 Å². The molecule has 0 atom stereocenters. The second kappa shape index (κ2) is 12.5. The average molecular weight is 492 g/mol. The predicted octanol–water partition coefficient (Wildman–Crippen LogP) is 8.81. The molecule has 3 nitrogen and oxygen atoms in total. The third-order valence-corrected chi connectivity index (χ3v) is 7.19. The molecule has 0 fully saturated rings. The summed E-state index contributed by atoms with van der Waals surface area (Å²) < 4.78 is 0. The van der Waals surface area contributed by atoms with Crippen molar-refractivity contribution in [2.75, 3.05) is 47.8 Å². The number of rotatable bonds is 11. The van der Waals surface area contributed by atoms with Gasteiger partial charge in [-0.25, -0.2) is 0 Å². The van der Waals surface area contributed by atoms with E-state index in [0.29, 0.717) is 0 Å². The minimum Gasteiger partial charge on any atom is -0.385 e. The van der Waals surface area contributed by atoms with Crippen LogP contribution in [0.3, 0.4) is 0 Å². The molecule has 0 aromatic heterocycles. The first-order valence-corrected chi connectivity index (χ1v) is 13.8. The summed E-state index contributed by atoms with van der Waals surface area (Å²) in [6, 6.07) is 33.8. The van der Waals surface area contributed by atoms with Crippen LogP contribution in [0.15, 0.2) is 91.0 Å². The summed E-state index contributed by atoms with van der Waals surface area (Å²) >= 11 is 0. The highest BCUT2D eigenvalue weighted by atomic mass is 15.1. The predicted molar refractivity (Wildman–Crippen MR) is 164 cm³/mol. The Labute approximate surface area is 223 Å². The third-order valence-electron chi connectivity index (χ3n) is 7.19. The van der Waals surface area contributed by atoms with Crippen molar-refractivity contribution in [2.45, 2.75) is 34.6 Å². The minimum atomic E-state index is 0.923. The van der Waals surface area contributed by atoms with Crippen LogP contribution >= 0.6 is 0 Å². The molecule has 0 saturated heterocycles. The van der Waals surface area contributed by atoms with Crippen molar-refractivity contribution in [1.29, 1.82) is 0 Å². The number of nitrogens with zero attached hydrogens (tertiary/aromatic N) is 2. The SMILES string of the molecule is CCNc1ccc(-c2cc(-c3ccc(N(CC)CC)cc3)cc(-c3ccc(N(CC)CC)cc3)c2)cc1. The molecule has 192 valence electrons. The molecule has 0 spiro atoms. The van der Waals surface area contributed by atoms with Crippen molar-refractivity contribution in [2.24, 2.45) is 0 Å². The first-order valence-electron chi connectivity index (χ1n) is 13.8. The standard InChI is InChI=1S/C34H41N3/c1-6-35-32-17-11-26(12-18-32)29-23-30(27-13-19-33(20-14-27)36(7-2)8-3)25-31(24-29)28-15-21-34(22-16-28)37(9-4)10-5/h11-25,35H,6-10H2,1-5H3. The highest BCUT2D eigenvalue weighted by Gasteiger charge is 2.10. The van der Waals surface area contributed by atoms with Gasteiger partial charge in [-0.3, -0.25) is 0 Å². The van der Waals surface area contributed by atoms with Crippen molar-refractivity contribution in [3.05, 3.63) is 91.0 Å². The van der Waals surface area contributed by atoms with Crippen molar-refractivity contribution in [1.82, 2.24) is 0 Å². The van der Waals surface area contributed by atoms with Crippen molar-refractivity contribution < 1.29 is 0 Å². The molecule has 0 heterocycles. The number of benzene rings is 4. The fourth-order valence-corrected chi connectivity index (χ4v) is 5.02. The Hall–Kier alpha value is -3.72. The maximum absolute atomic E-state index is 3.40. The van der Waals surface area contributed by atoms with Crippen LogP contribution in [-0.2, 0) is 0 Å². The molecule has 0 saturated carbocycles. The normalized spacial score (nSPS) is 10.8. The second-order valence-corrected chi connectivity index (χ2v) is 9.35. The van der Waals surface area contributed by atoms with Gasteiger partial charge in [0.2, 0.25) is 0 Å². The molecule has 37 heavy (non-hydrogen) atoms. The number of anilines is 3. The van der Waals surface area contributed by atoms with Gasteiger partial charge in [0.15, 0.2) is 0 Å². The molecule has 0 radical (unpaired) electrons. The Morgan fingerprint density at radius 2 is 0.757 bits per heavy atom. The number of hydrogen-bond donors (Lipinski definition) is 1. The summed E-state index contributed by atoms with van der Waals surface area (Å²) in [7, 11) is 0. The molecule has 4 aromatic carbocycles. The maximum atomic E-state index is 3.40. The van der Waals surface area contributed by atoms with Crippen molar-refractivity contribution >= 4 is 17.1 Å². The smallest absolute Gasteiger partial charge is 0.0366 e. The van der Waals surface area contributed by atoms with Crippen LogP contribution in [0.25, 0.3) is 33.4 Å². The average Bonchev–Trinajstić information content (AvgIpc) is 2.95. The zero-order chi connectivity index (χ0) is 26.2. The molecule has 1 N–H and O–H groups in total. The third kappa shape index (κ3) is 6.17. The van der Waals surface area contributed by atoms with Gasteiger partial charge in [-0.2, -0.15) is 0 Å². The molecule has 0 unspecified atom stereocenters. The Balaban J connectivity index is 1.76. The van der Waals surface area contributed by atoms with E-state index in [0.717, 1.165) is 38.4 Å². The molecule has 3 heteroatoms. The molecular weight excluding hydrogens is 450 g/mol. The summed E-state index contributed by atoms with van der Waals surface area (Å²) in [6.07, 6.45) is 0. The molecule has 0 bridgehead atoms. The Morgan fingerprint density at radius 3 is 1.05 bits per heavy atom. The fourth-order valence-electron chi connectivity index (χ4n) is 5.02. The van der Waals surface area contributed by atoms with E-state index in [1.54, 1.807) is 0 Å². The van der Waals surface area contributed by atoms with E-state index >= 15 is 0 Å². The van der Waals surface area contributed by atoms with E-state index in [1.807, 2.05) is 0 Å². The lowest BCUT2D eigenvalue weighted by Crippen LogP contribution is -2.21. The van der Waals surface area contributed by atoms with Gasteiger partial charge in [-0.15, -0.1) is 0 Å². The zero-order valence-electron chi connectivity index (χ0n) is 23.1. The Kier molecular flexibility index (Phi) is 8.90. The maximum Gasteiger partial charge on any atom is 0.0366 e. The molecule has 0 aliphatic rings. The van der Waals surface area contributed by atoms with Crippen LogP contribution in [0.4, 0.5) is 17.1 Å². The Morgan fingerprint density at radius 1 is 0.432 bits per heavy atom. The molecule has 0 amide bonds. The van der Waals surface area contributed by atoms with Crippen molar-refractivity contribution in [3.8, 4) is 33.4 Å². The van der Waals surface area contributed by atoms with Crippen molar-refractivity contribution in [3.63, 3.8) is 0 Å². The topological polar surface area (TPSA) is 18.5 Å². The first-order chi connectivity index (χ1) is 18.1. The second-order valence-electron chi connectivity index (χ2n) is 9.35. The van der Waals surface area contributed by atoms with Gasteiger partial charge in [-0.1, -0.05) is 36.4 Å². The van der Waals surface area contributed by atoms with E-state index in [-0.39, 0.29) is 0 Å². The van der Waals surface area contributed by atoms with Gasteiger partial charge in [0.05, 0.1) is 0 Å². The number of nitrogens with one attached hydrogen (secondary N) is 1. The van der Waals surface area contributed by atoms with Crippen LogP contribution < -0.4 is 15.1 Å². The van der Waals surface area contributed by atoms with Crippen LogP contribution in [-0.4, -0.2) is 32.7 Å². The summed E-state index contributed by atoms with van der Waals surface area (Å²) in [6.45, 7) is 15.9. The summed E-state index contributed by atoms with van der Waals surface area (Å²) in [5.41, 5.74) is 11.1. The van der Waals surface area contributed by atoms with Gasteiger partial charge in [0.1, 0.15) is 0 Å². The molecule has 4 rings (SSSR count). The van der Waals surface area contributed by atoms with Crippen LogP contribution in [0, 0.1) is 0 Å². The number of hydrogen-bond acceptors (Lipinski definition) is 3. The van der Waals surface area contributed by atoms with E-state index in [4.69, 9.17) is 0 Å². The molecule has 0 aliphatic carbocycles. The monoisotopic (exact) mass is 491 g/mol. The summed E-state index contributed by atoms with van der Waals surface area (Å²) in [4.78, 5) is 4.77. The summed E-state index contributed by atoms with van der Waals surface area (Å²) in [5, 5.41) is 3.40. The molecule has 0 aliphatic heterocycles. The largest absolute Gasteiger partial charge is 0.385 e. The lowest BCUT2D eigenvalue weighted by Gasteiger charge is -2.21. The Bertz CT molecular complexity index is 1180. The minimum absolute atomic E-state index is 0.923. The highest BCUT2D eigenvalue weighted by Crippen LogP contribution is 2.34. The van der Waals surface area contributed by atoms with Gasteiger partial charge >= 0.3 is 0 Å². The zero-order valence-corrected chi connectivity index (χ0v) is 23.1. The lowest BCUT2D eigenvalue weighted by atomic mass is 9.93. The van der Waals surface area contributed by atoms with Gasteiger partial charge in [-0.05, 0) is 123 Å². The quantitative estimate of drug-likeness (QED) is 0.226. The van der Waals surface area contributed by atoms with Crippen LogP contribution in [0.5, 0.6) is 0 Å². The molecular formula is C34H41N3.